The number of hydrogen-bond acceptors (Lipinski definition) is 3. The van der Waals surface area contributed by atoms with Gasteiger partial charge >= 0.3 is 0 Å². The SMILES string of the molecule is CNC(=O)CNCC(=O)N[C@H](C)c1ccc2c(c1)CCCC2. The summed E-state index contributed by atoms with van der Waals surface area (Å²) in [7, 11) is 1.57. The van der Waals surface area contributed by atoms with Gasteiger partial charge < -0.3 is 10.6 Å². The number of aryl methyl sites for hydroxylation is 2. The van der Waals surface area contributed by atoms with Crippen LogP contribution in [0, 0.1) is 0 Å². The van der Waals surface area contributed by atoms with Gasteiger partial charge in [-0.05, 0) is 49.3 Å². The van der Waals surface area contributed by atoms with Crippen molar-refractivity contribution in [3.63, 3.8) is 0 Å². The summed E-state index contributed by atoms with van der Waals surface area (Å²) in [5.41, 5.74) is 4.00. The Bertz CT molecular complexity index is 543. The highest BCUT2D eigenvalue weighted by Crippen LogP contribution is 2.24. The topological polar surface area (TPSA) is 70.2 Å². The molecule has 1 aliphatic carbocycles. The molecule has 3 N–H and O–H groups in total. The molecular formula is C17H25N3O2. The normalized spacial score (nSPS) is 14.8. The summed E-state index contributed by atoms with van der Waals surface area (Å²) in [6, 6.07) is 6.49. The Hall–Kier alpha value is -1.88. The molecule has 22 heavy (non-hydrogen) atoms. The minimum Gasteiger partial charge on any atom is -0.358 e. The highest BCUT2D eigenvalue weighted by Gasteiger charge is 2.14. The number of likely N-dealkylation sites (N-methyl/N-ethyl adjacent to an activating group) is 1. The maximum Gasteiger partial charge on any atom is 0.234 e. The highest BCUT2D eigenvalue weighted by molar-refractivity contribution is 5.81. The quantitative estimate of drug-likeness (QED) is 0.736. The number of benzene rings is 1. The molecule has 1 aromatic carbocycles. The van der Waals surface area contributed by atoms with Crippen LogP contribution in [0.1, 0.15) is 42.5 Å². The van der Waals surface area contributed by atoms with Gasteiger partial charge in [0.15, 0.2) is 0 Å². The maximum atomic E-state index is 11.9. The van der Waals surface area contributed by atoms with Crippen molar-refractivity contribution < 1.29 is 9.59 Å². The summed E-state index contributed by atoms with van der Waals surface area (Å²) in [4.78, 5) is 22.9. The first kappa shape index (κ1) is 16.5. The van der Waals surface area contributed by atoms with Crippen molar-refractivity contribution >= 4 is 11.8 Å². The van der Waals surface area contributed by atoms with E-state index in [0.29, 0.717) is 0 Å². The lowest BCUT2D eigenvalue weighted by Crippen LogP contribution is -2.39. The van der Waals surface area contributed by atoms with Crippen molar-refractivity contribution in [2.75, 3.05) is 20.1 Å². The van der Waals surface area contributed by atoms with E-state index in [0.717, 1.165) is 12.0 Å². The molecule has 0 unspecified atom stereocenters. The van der Waals surface area contributed by atoms with Crippen LogP contribution in [0.15, 0.2) is 18.2 Å². The number of hydrogen-bond donors (Lipinski definition) is 3. The zero-order chi connectivity index (χ0) is 15.9. The van der Waals surface area contributed by atoms with E-state index in [4.69, 9.17) is 0 Å². The van der Waals surface area contributed by atoms with Gasteiger partial charge in [0.25, 0.3) is 0 Å². The number of rotatable bonds is 6. The molecule has 1 aromatic rings. The largest absolute Gasteiger partial charge is 0.358 e. The van der Waals surface area contributed by atoms with Crippen LogP contribution in [0.2, 0.25) is 0 Å². The van der Waals surface area contributed by atoms with Crippen molar-refractivity contribution in [3.8, 4) is 0 Å². The average molecular weight is 303 g/mol. The summed E-state index contributed by atoms with van der Waals surface area (Å²) < 4.78 is 0. The van der Waals surface area contributed by atoms with Crippen LogP contribution in [0.3, 0.4) is 0 Å². The lowest BCUT2D eigenvalue weighted by molar-refractivity contribution is -0.121. The Kier molecular flexibility index (Phi) is 5.95. The number of carbonyl (C=O) groups excluding carboxylic acids is 2. The van der Waals surface area contributed by atoms with E-state index in [-0.39, 0.29) is 30.9 Å². The summed E-state index contributed by atoms with van der Waals surface area (Å²) in [6.45, 7) is 2.28. The van der Waals surface area contributed by atoms with E-state index < -0.39 is 0 Å². The zero-order valence-electron chi connectivity index (χ0n) is 13.4. The molecule has 0 spiro atoms. The van der Waals surface area contributed by atoms with E-state index >= 15 is 0 Å². The van der Waals surface area contributed by atoms with Crippen molar-refractivity contribution in [2.24, 2.45) is 0 Å². The van der Waals surface area contributed by atoms with E-state index in [1.807, 2.05) is 6.92 Å². The van der Waals surface area contributed by atoms with Gasteiger partial charge in [-0.25, -0.2) is 0 Å². The van der Waals surface area contributed by atoms with E-state index in [1.165, 1.54) is 30.4 Å². The lowest BCUT2D eigenvalue weighted by Gasteiger charge is -2.20. The Balaban J connectivity index is 1.85. The molecule has 0 heterocycles. The number of amides is 2. The smallest absolute Gasteiger partial charge is 0.234 e. The second-order valence-electron chi connectivity index (χ2n) is 5.80. The molecule has 0 fully saturated rings. The van der Waals surface area contributed by atoms with Crippen LogP contribution in [-0.4, -0.2) is 32.0 Å². The van der Waals surface area contributed by atoms with Gasteiger partial charge in [0.1, 0.15) is 0 Å². The second kappa shape index (κ2) is 7.94. The van der Waals surface area contributed by atoms with Gasteiger partial charge in [0, 0.05) is 7.05 Å². The standard InChI is InChI=1S/C17H25N3O2/c1-12(20-17(22)11-19-10-16(21)18-2)14-8-7-13-5-3-4-6-15(13)9-14/h7-9,12,19H,3-6,10-11H2,1-2H3,(H,18,21)(H,20,22)/t12-/m1/s1. The molecule has 1 aliphatic rings. The van der Waals surface area contributed by atoms with Gasteiger partial charge in [-0.3, -0.25) is 14.9 Å². The van der Waals surface area contributed by atoms with E-state index in [2.05, 4.69) is 34.1 Å². The minimum absolute atomic E-state index is 0.0264. The predicted octanol–water partition coefficient (Wildman–Crippen LogP) is 1.08. The van der Waals surface area contributed by atoms with Crippen molar-refractivity contribution in [2.45, 2.75) is 38.6 Å². The first-order valence-corrected chi connectivity index (χ1v) is 7.92. The Labute approximate surface area is 131 Å². The summed E-state index contributed by atoms with van der Waals surface area (Å²) in [5.74, 6) is -0.232. The molecule has 0 saturated heterocycles. The van der Waals surface area contributed by atoms with Crippen LogP contribution >= 0.6 is 0 Å². The molecule has 120 valence electrons. The van der Waals surface area contributed by atoms with Gasteiger partial charge in [0.2, 0.25) is 11.8 Å². The zero-order valence-corrected chi connectivity index (χ0v) is 13.4. The van der Waals surface area contributed by atoms with Crippen LogP contribution in [-0.2, 0) is 22.4 Å². The third-order valence-corrected chi connectivity index (χ3v) is 4.10. The van der Waals surface area contributed by atoms with Gasteiger partial charge in [-0.1, -0.05) is 18.2 Å². The highest BCUT2D eigenvalue weighted by atomic mass is 16.2. The third-order valence-electron chi connectivity index (χ3n) is 4.10. The molecule has 0 radical (unpaired) electrons. The summed E-state index contributed by atoms with van der Waals surface area (Å²) in [5, 5.41) is 8.28. The molecule has 0 aliphatic heterocycles. The Morgan fingerprint density at radius 2 is 1.77 bits per heavy atom. The van der Waals surface area contributed by atoms with Crippen LogP contribution in [0.5, 0.6) is 0 Å². The lowest BCUT2D eigenvalue weighted by atomic mass is 9.89. The number of carbonyl (C=O) groups is 2. The third kappa shape index (κ3) is 4.56. The fraction of sp³-hybridized carbons (Fsp3) is 0.529. The number of fused-ring (bicyclic) bond motifs is 1. The van der Waals surface area contributed by atoms with E-state index in [1.54, 1.807) is 7.05 Å². The van der Waals surface area contributed by atoms with Gasteiger partial charge in [-0.2, -0.15) is 0 Å². The van der Waals surface area contributed by atoms with Crippen molar-refractivity contribution in [1.29, 1.82) is 0 Å². The van der Waals surface area contributed by atoms with Crippen molar-refractivity contribution in [1.82, 2.24) is 16.0 Å². The summed E-state index contributed by atoms with van der Waals surface area (Å²) in [6.07, 6.45) is 4.83. The molecular weight excluding hydrogens is 278 g/mol. The van der Waals surface area contributed by atoms with Crippen LogP contribution in [0.4, 0.5) is 0 Å². The first-order chi connectivity index (χ1) is 10.6. The van der Waals surface area contributed by atoms with Gasteiger partial charge in [0.05, 0.1) is 19.1 Å². The molecule has 1 atom stereocenters. The number of nitrogens with one attached hydrogen (secondary N) is 3. The van der Waals surface area contributed by atoms with Crippen molar-refractivity contribution in [3.05, 3.63) is 34.9 Å². The van der Waals surface area contributed by atoms with Crippen LogP contribution < -0.4 is 16.0 Å². The van der Waals surface area contributed by atoms with Crippen LogP contribution in [0.25, 0.3) is 0 Å². The molecule has 5 nitrogen and oxygen atoms in total. The minimum atomic E-state index is -0.129. The predicted molar refractivity (Wildman–Crippen MR) is 86.6 cm³/mol. The monoisotopic (exact) mass is 303 g/mol. The molecule has 5 heteroatoms. The second-order valence-corrected chi connectivity index (χ2v) is 5.80. The molecule has 2 amide bonds. The van der Waals surface area contributed by atoms with Gasteiger partial charge in [-0.15, -0.1) is 0 Å². The van der Waals surface area contributed by atoms with E-state index in [9.17, 15) is 9.59 Å². The molecule has 0 bridgehead atoms. The average Bonchev–Trinajstić information content (AvgIpc) is 2.54. The molecule has 2 rings (SSSR count). The Morgan fingerprint density at radius 3 is 2.50 bits per heavy atom. The molecule has 0 aromatic heterocycles. The fourth-order valence-electron chi connectivity index (χ4n) is 2.78. The summed E-state index contributed by atoms with van der Waals surface area (Å²) >= 11 is 0. The molecule has 0 saturated carbocycles. The maximum absolute atomic E-state index is 11.9. The first-order valence-electron chi connectivity index (χ1n) is 7.92. The fourth-order valence-corrected chi connectivity index (χ4v) is 2.78. The Morgan fingerprint density at radius 1 is 1.09 bits per heavy atom.